The number of hydrogen-bond acceptors (Lipinski definition) is 3. The first kappa shape index (κ1) is 18.3. The number of nitrogens with one attached hydrogen (secondary N) is 2. The maximum atomic E-state index is 12.9. The Morgan fingerprint density at radius 1 is 1.37 bits per heavy atom. The van der Waals surface area contributed by atoms with Crippen LogP contribution in [0.1, 0.15) is 19.4 Å². The molecule has 0 heterocycles. The fourth-order valence-electron chi connectivity index (χ4n) is 1.65. The van der Waals surface area contributed by atoms with E-state index in [2.05, 4.69) is 10.0 Å². The van der Waals surface area contributed by atoms with Gasteiger partial charge in [0.05, 0.1) is 4.90 Å². The van der Waals surface area contributed by atoms with E-state index in [1.165, 1.54) is 12.1 Å². The lowest BCUT2D eigenvalue weighted by Crippen LogP contribution is -2.38. The van der Waals surface area contributed by atoms with Crippen molar-refractivity contribution in [2.24, 2.45) is 0 Å². The minimum absolute atomic E-state index is 0. The summed E-state index contributed by atoms with van der Waals surface area (Å²) < 4.78 is 39.5. The third-order valence-electron chi connectivity index (χ3n) is 2.56. The van der Waals surface area contributed by atoms with E-state index in [0.717, 1.165) is 12.6 Å². The van der Waals surface area contributed by atoms with E-state index >= 15 is 0 Å². The van der Waals surface area contributed by atoms with Crippen molar-refractivity contribution in [3.05, 3.63) is 29.6 Å². The number of rotatable bonds is 6. The van der Waals surface area contributed by atoms with Gasteiger partial charge >= 0.3 is 0 Å². The van der Waals surface area contributed by atoms with Gasteiger partial charge in [0.15, 0.2) is 0 Å². The van der Waals surface area contributed by atoms with Crippen molar-refractivity contribution < 1.29 is 12.8 Å². The van der Waals surface area contributed by atoms with Gasteiger partial charge in [-0.15, -0.1) is 12.4 Å². The van der Waals surface area contributed by atoms with Gasteiger partial charge in [-0.05, 0) is 44.2 Å². The van der Waals surface area contributed by atoms with Gasteiger partial charge < -0.3 is 5.32 Å². The van der Waals surface area contributed by atoms with E-state index in [4.69, 9.17) is 0 Å². The van der Waals surface area contributed by atoms with Crippen LogP contribution in [-0.4, -0.2) is 27.5 Å². The first-order valence-electron chi connectivity index (χ1n) is 5.86. The monoisotopic (exact) mass is 310 g/mol. The Morgan fingerprint density at radius 2 is 2.00 bits per heavy atom. The quantitative estimate of drug-likeness (QED) is 0.843. The predicted molar refractivity (Wildman–Crippen MR) is 76.7 cm³/mol. The Balaban J connectivity index is 0.00000324. The molecule has 19 heavy (non-hydrogen) atoms. The zero-order chi connectivity index (χ0) is 13.8. The van der Waals surface area contributed by atoms with Crippen molar-refractivity contribution in [3.63, 3.8) is 0 Å². The van der Waals surface area contributed by atoms with Crippen LogP contribution in [0.3, 0.4) is 0 Å². The summed E-state index contributed by atoms with van der Waals surface area (Å²) in [6.07, 6.45) is 0. The molecule has 0 aliphatic heterocycles. The van der Waals surface area contributed by atoms with Crippen LogP contribution < -0.4 is 10.0 Å². The van der Waals surface area contributed by atoms with Crippen LogP contribution in [0.25, 0.3) is 0 Å². The van der Waals surface area contributed by atoms with Gasteiger partial charge in [0.1, 0.15) is 5.82 Å². The molecule has 110 valence electrons. The first-order chi connectivity index (χ1) is 8.36. The van der Waals surface area contributed by atoms with Gasteiger partial charge in [0.2, 0.25) is 10.0 Å². The van der Waals surface area contributed by atoms with Crippen molar-refractivity contribution in [1.29, 1.82) is 0 Å². The Hall–Kier alpha value is -0.690. The molecule has 0 radical (unpaired) electrons. The molecule has 0 aromatic heterocycles. The zero-order valence-electron chi connectivity index (χ0n) is 11.2. The van der Waals surface area contributed by atoms with Gasteiger partial charge in [0, 0.05) is 12.6 Å². The minimum atomic E-state index is -3.58. The van der Waals surface area contributed by atoms with Crippen LogP contribution in [-0.2, 0) is 10.0 Å². The fourth-order valence-corrected chi connectivity index (χ4v) is 3.00. The molecule has 0 amide bonds. The molecule has 0 aliphatic rings. The number of likely N-dealkylation sites (N-methyl/N-ethyl adjacent to an activating group) is 1. The summed E-state index contributed by atoms with van der Waals surface area (Å²) in [6, 6.07) is 3.69. The Bertz CT molecular complexity index is 508. The van der Waals surface area contributed by atoms with E-state index in [0.29, 0.717) is 12.1 Å². The van der Waals surface area contributed by atoms with Crippen LogP contribution in [0, 0.1) is 12.7 Å². The summed E-state index contributed by atoms with van der Waals surface area (Å²) in [5.41, 5.74) is 0.401. The lowest BCUT2D eigenvalue weighted by atomic mass is 10.2. The average Bonchev–Trinajstić information content (AvgIpc) is 2.26. The van der Waals surface area contributed by atoms with Crippen LogP contribution in [0.5, 0.6) is 0 Å². The summed E-state index contributed by atoms with van der Waals surface area (Å²) in [5, 5.41) is 3.11. The lowest BCUT2D eigenvalue weighted by molar-refractivity contribution is 0.535. The van der Waals surface area contributed by atoms with Crippen LogP contribution in [0.2, 0.25) is 0 Å². The molecule has 1 aromatic carbocycles. The Kier molecular flexibility index (Phi) is 7.51. The number of benzene rings is 1. The van der Waals surface area contributed by atoms with Crippen molar-refractivity contribution in [1.82, 2.24) is 10.0 Å². The second-order valence-corrected chi connectivity index (χ2v) is 5.96. The second kappa shape index (κ2) is 7.79. The van der Waals surface area contributed by atoms with Crippen molar-refractivity contribution >= 4 is 22.4 Å². The lowest BCUT2D eigenvalue weighted by Gasteiger charge is -2.14. The fraction of sp³-hybridized carbons (Fsp3) is 0.500. The molecular weight excluding hydrogens is 291 g/mol. The highest BCUT2D eigenvalue weighted by Gasteiger charge is 2.17. The largest absolute Gasteiger partial charge is 0.313 e. The summed E-state index contributed by atoms with van der Waals surface area (Å²) in [4.78, 5) is 0.118. The summed E-state index contributed by atoms with van der Waals surface area (Å²) in [5.74, 6) is -0.438. The van der Waals surface area contributed by atoms with Crippen molar-refractivity contribution in [2.75, 3.05) is 13.1 Å². The summed E-state index contributed by atoms with van der Waals surface area (Å²) in [7, 11) is -3.58. The van der Waals surface area contributed by atoms with Gasteiger partial charge in [-0.1, -0.05) is 6.92 Å². The van der Waals surface area contributed by atoms with Crippen molar-refractivity contribution in [2.45, 2.75) is 31.7 Å². The smallest absolute Gasteiger partial charge is 0.240 e. The summed E-state index contributed by atoms with van der Waals surface area (Å²) >= 11 is 0. The third kappa shape index (κ3) is 5.44. The zero-order valence-corrected chi connectivity index (χ0v) is 12.9. The summed E-state index contributed by atoms with van der Waals surface area (Å²) in [6.45, 7) is 6.50. The van der Waals surface area contributed by atoms with Crippen LogP contribution >= 0.6 is 12.4 Å². The molecule has 0 saturated heterocycles. The van der Waals surface area contributed by atoms with Gasteiger partial charge in [-0.3, -0.25) is 0 Å². The molecule has 1 rings (SSSR count). The Labute approximate surface area is 120 Å². The molecule has 1 atom stereocenters. The maximum Gasteiger partial charge on any atom is 0.240 e. The molecule has 0 saturated carbocycles. The van der Waals surface area contributed by atoms with E-state index in [1.54, 1.807) is 6.92 Å². The van der Waals surface area contributed by atoms with Gasteiger partial charge in [0.25, 0.3) is 0 Å². The van der Waals surface area contributed by atoms with Crippen LogP contribution in [0.4, 0.5) is 4.39 Å². The highest BCUT2D eigenvalue weighted by Crippen LogP contribution is 2.15. The number of hydrogen-bond donors (Lipinski definition) is 2. The van der Waals surface area contributed by atoms with E-state index in [9.17, 15) is 12.8 Å². The average molecular weight is 311 g/mol. The normalized spacial score (nSPS) is 12.8. The van der Waals surface area contributed by atoms with E-state index in [1.807, 2.05) is 13.8 Å². The van der Waals surface area contributed by atoms with Gasteiger partial charge in [-0.25, -0.2) is 17.5 Å². The van der Waals surface area contributed by atoms with E-state index < -0.39 is 15.8 Å². The van der Waals surface area contributed by atoms with Crippen molar-refractivity contribution in [3.8, 4) is 0 Å². The number of halogens is 2. The molecule has 0 fully saturated rings. The molecule has 0 aliphatic carbocycles. The number of aryl methyl sites for hydroxylation is 1. The number of sulfonamides is 1. The molecule has 7 heteroatoms. The maximum absolute atomic E-state index is 12.9. The molecule has 4 nitrogen and oxygen atoms in total. The van der Waals surface area contributed by atoms with Crippen LogP contribution in [0.15, 0.2) is 23.1 Å². The topological polar surface area (TPSA) is 58.2 Å². The SMILES string of the molecule is CCN[C@H](C)CNS(=O)(=O)c1ccc(F)cc1C.Cl. The first-order valence-corrected chi connectivity index (χ1v) is 7.34. The highest BCUT2D eigenvalue weighted by molar-refractivity contribution is 7.89. The molecule has 0 spiro atoms. The predicted octanol–water partition coefficient (Wildman–Crippen LogP) is 1.83. The Morgan fingerprint density at radius 3 is 2.53 bits per heavy atom. The van der Waals surface area contributed by atoms with Gasteiger partial charge in [-0.2, -0.15) is 0 Å². The highest BCUT2D eigenvalue weighted by atomic mass is 35.5. The molecule has 0 bridgehead atoms. The van der Waals surface area contributed by atoms with E-state index in [-0.39, 0.29) is 23.3 Å². The molecule has 0 unspecified atom stereocenters. The third-order valence-corrected chi connectivity index (χ3v) is 4.14. The molecule has 2 N–H and O–H groups in total. The standard InChI is InChI=1S/C12H19FN2O2S.ClH/c1-4-14-10(3)8-15-18(16,17)12-6-5-11(13)7-9(12)2;/h5-7,10,14-15H,4,8H2,1-3H3;1H/t10-;/m1./s1. The second-order valence-electron chi connectivity index (χ2n) is 4.22. The molecule has 1 aromatic rings. The minimum Gasteiger partial charge on any atom is -0.313 e. The molecular formula is C12H20ClFN2O2S.